The molecule has 0 bridgehead atoms. The zero-order valence-corrected chi connectivity index (χ0v) is 30.4. The summed E-state index contributed by atoms with van der Waals surface area (Å²) in [6.45, 7) is 4.34. The predicted octanol–water partition coefficient (Wildman–Crippen LogP) is 14.5. The van der Waals surface area contributed by atoms with E-state index in [-0.39, 0.29) is 0 Å². The van der Waals surface area contributed by atoms with Crippen molar-refractivity contribution in [1.82, 2.24) is 4.57 Å². The van der Waals surface area contributed by atoms with Gasteiger partial charge in [-0.15, -0.1) is 0 Å². The first kappa shape index (κ1) is 31.8. The van der Waals surface area contributed by atoms with Gasteiger partial charge in [-0.2, -0.15) is 0 Å². The molecule has 0 unspecified atom stereocenters. The van der Waals surface area contributed by atoms with Gasteiger partial charge in [-0.25, -0.2) is 0 Å². The molecule has 1 heterocycles. The van der Waals surface area contributed by atoms with E-state index in [0.29, 0.717) is 0 Å². The van der Waals surface area contributed by atoms with Gasteiger partial charge in [-0.1, -0.05) is 132 Å². The Labute approximate surface area is 315 Å². The maximum absolute atomic E-state index is 2.40. The Kier molecular flexibility index (Phi) is 7.63. The maximum atomic E-state index is 2.40. The number of nitrogens with zero attached hydrogens (tertiary/aromatic N) is 2. The quantitative estimate of drug-likeness (QED) is 0.158. The van der Waals surface area contributed by atoms with E-state index < -0.39 is 0 Å². The van der Waals surface area contributed by atoms with Gasteiger partial charge in [-0.05, 0) is 130 Å². The van der Waals surface area contributed by atoms with Crippen LogP contribution in [0.25, 0.3) is 71.3 Å². The van der Waals surface area contributed by atoms with Gasteiger partial charge >= 0.3 is 0 Å². The normalized spacial score (nSPS) is 11.5. The average Bonchev–Trinajstić information content (AvgIpc) is 3.53. The largest absolute Gasteiger partial charge is 0.311 e. The van der Waals surface area contributed by atoms with E-state index in [2.05, 4.69) is 217 Å². The van der Waals surface area contributed by atoms with E-state index in [1.54, 1.807) is 0 Å². The van der Waals surface area contributed by atoms with Crippen molar-refractivity contribution in [3.05, 3.63) is 205 Å². The van der Waals surface area contributed by atoms with Crippen LogP contribution in [-0.2, 0) is 0 Å². The minimum Gasteiger partial charge on any atom is -0.311 e. The van der Waals surface area contributed by atoms with Crippen molar-refractivity contribution in [3.63, 3.8) is 0 Å². The molecule has 0 aliphatic heterocycles. The number of hydrogen-bond acceptors (Lipinski definition) is 1. The van der Waals surface area contributed by atoms with Crippen LogP contribution in [0.2, 0.25) is 0 Å². The van der Waals surface area contributed by atoms with Crippen LogP contribution in [0.15, 0.2) is 194 Å². The highest BCUT2D eigenvalue weighted by Crippen LogP contribution is 2.45. The zero-order chi connectivity index (χ0) is 36.2. The summed E-state index contributed by atoms with van der Waals surface area (Å²) in [5.74, 6) is 0. The van der Waals surface area contributed by atoms with Crippen LogP contribution in [0.1, 0.15) is 11.1 Å². The molecule has 256 valence electrons. The summed E-state index contributed by atoms with van der Waals surface area (Å²) < 4.78 is 2.40. The standard InChI is InChI=1S/C52H38N2/c1-35-21-31-49-47(33-35)48-34-36(2)22-32-50(48)54(49)42-29-27-41(28-30-42)53(39-15-7-4-8-16-39)40-25-23-38(24-26-40)52-45-19-11-9-17-43(45)51(37-13-5-3-6-14-37)44-18-10-12-20-46(44)52/h3-34H,1-2H3. The predicted molar refractivity (Wildman–Crippen MR) is 231 cm³/mol. The number of fused-ring (bicyclic) bond motifs is 5. The van der Waals surface area contributed by atoms with Crippen LogP contribution in [0.4, 0.5) is 17.1 Å². The SMILES string of the molecule is Cc1ccc2c(c1)c1cc(C)ccc1n2-c1ccc(N(c2ccccc2)c2ccc(-c3c4ccccc4c(-c4ccccc4)c4ccccc34)cc2)cc1. The fourth-order valence-electron chi connectivity index (χ4n) is 8.44. The molecule has 10 aromatic rings. The number of benzene rings is 9. The summed E-state index contributed by atoms with van der Waals surface area (Å²) in [5, 5.41) is 7.63. The molecule has 0 fully saturated rings. The highest BCUT2D eigenvalue weighted by molar-refractivity contribution is 6.21. The Morgan fingerprint density at radius 1 is 0.333 bits per heavy atom. The van der Waals surface area contributed by atoms with E-state index in [0.717, 1.165) is 22.7 Å². The summed E-state index contributed by atoms with van der Waals surface area (Å²) in [6, 6.07) is 70.8. The fraction of sp³-hybridized carbons (Fsp3) is 0.0385. The van der Waals surface area contributed by atoms with Gasteiger partial charge in [0.05, 0.1) is 11.0 Å². The van der Waals surface area contributed by atoms with Gasteiger partial charge in [0.1, 0.15) is 0 Å². The molecule has 10 rings (SSSR count). The van der Waals surface area contributed by atoms with E-state index in [9.17, 15) is 0 Å². The summed E-state index contributed by atoms with van der Waals surface area (Å²) >= 11 is 0. The lowest BCUT2D eigenvalue weighted by atomic mass is 9.86. The molecule has 2 heteroatoms. The van der Waals surface area contributed by atoms with Gasteiger partial charge in [0.25, 0.3) is 0 Å². The van der Waals surface area contributed by atoms with Gasteiger partial charge in [0.2, 0.25) is 0 Å². The Morgan fingerprint density at radius 3 is 1.20 bits per heavy atom. The van der Waals surface area contributed by atoms with E-state index >= 15 is 0 Å². The van der Waals surface area contributed by atoms with Crippen LogP contribution in [0.5, 0.6) is 0 Å². The highest BCUT2D eigenvalue weighted by Gasteiger charge is 2.19. The minimum atomic E-state index is 1.10. The Hall–Kier alpha value is -6.90. The summed E-state index contributed by atoms with van der Waals surface area (Å²) in [6.07, 6.45) is 0. The second-order valence-corrected chi connectivity index (χ2v) is 14.3. The van der Waals surface area contributed by atoms with Crippen LogP contribution >= 0.6 is 0 Å². The number of hydrogen-bond donors (Lipinski definition) is 0. The van der Waals surface area contributed by atoms with Crippen molar-refractivity contribution in [3.8, 4) is 27.9 Å². The number of anilines is 3. The first-order valence-corrected chi connectivity index (χ1v) is 18.7. The van der Waals surface area contributed by atoms with Gasteiger partial charge in [0.15, 0.2) is 0 Å². The third-order valence-electron chi connectivity index (χ3n) is 10.9. The molecular weight excluding hydrogens is 653 g/mol. The molecule has 0 saturated heterocycles. The fourth-order valence-corrected chi connectivity index (χ4v) is 8.44. The smallest absolute Gasteiger partial charge is 0.0541 e. The molecule has 0 aliphatic carbocycles. The van der Waals surface area contributed by atoms with Crippen molar-refractivity contribution < 1.29 is 0 Å². The Morgan fingerprint density at radius 2 is 0.722 bits per heavy atom. The maximum Gasteiger partial charge on any atom is 0.0541 e. The van der Waals surface area contributed by atoms with Crippen molar-refractivity contribution >= 4 is 60.4 Å². The van der Waals surface area contributed by atoms with Crippen molar-refractivity contribution in [2.75, 3.05) is 4.90 Å². The van der Waals surface area contributed by atoms with Crippen molar-refractivity contribution in [2.24, 2.45) is 0 Å². The summed E-state index contributed by atoms with van der Waals surface area (Å²) in [4.78, 5) is 2.35. The lowest BCUT2D eigenvalue weighted by Gasteiger charge is -2.26. The van der Waals surface area contributed by atoms with E-state index in [1.807, 2.05) is 0 Å². The molecule has 0 spiro atoms. The molecule has 0 saturated carbocycles. The number of rotatable bonds is 6. The molecule has 2 nitrogen and oxygen atoms in total. The molecule has 0 atom stereocenters. The summed E-state index contributed by atoms with van der Waals surface area (Å²) in [7, 11) is 0. The van der Waals surface area contributed by atoms with Crippen molar-refractivity contribution in [1.29, 1.82) is 0 Å². The highest BCUT2D eigenvalue weighted by atomic mass is 15.1. The third kappa shape index (κ3) is 5.26. The number of aromatic nitrogens is 1. The molecule has 0 amide bonds. The summed E-state index contributed by atoms with van der Waals surface area (Å²) in [5.41, 5.74) is 14.4. The van der Waals surface area contributed by atoms with Crippen LogP contribution in [0.3, 0.4) is 0 Å². The number of para-hydroxylation sites is 1. The van der Waals surface area contributed by atoms with Crippen LogP contribution in [-0.4, -0.2) is 4.57 Å². The first-order valence-electron chi connectivity index (χ1n) is 18.7. The van der Waals surface area contributed by atoms with Gasteiger partial charge in [0, 0.05) is 33.5 Å². The second-order valence-electron chi connectivity index (χ2n) is 14.3. The van der Waals surface area contributed by atoms with E-state index in [4.69, 9.17) is 0 Å². The first-order chi connectivity index (χ1) is 26.6. The topological polar surface area (TPSA) is 8.17 Å². The molecule has 9 aromatic carbocycles. The second kappa shape index (κ2) is 12.9. The molecule has 0 N–H and O–H groups in total. The molecule has 54 heavy (non-hydrogen) atoms. The Bertz CT molecular complexity index is 2860. The lowest BCUT2D eigenvalue weighted by molar-refractivity contribution is 1.17. The zero-order valence-electron chi connectivity index (χ0n) is 30.4. The molecular formula is C52H38N2. The third-order valence-corrected chi connectivity index (χ3v) is 10.9. The molecule has 0 aliphatic rings. The minimum absolute atomic E-state index is 1.10. The van der Waals surface area contributed by atoms with E-state index in [1.165, 1.54) is 76.7 Å². The van der Waals surface area contributed by atoms with Crippen LogP contribution in [0, 0.1) is 13.8 Å². The van der Waals surface area contributed by atoms with Crippen LogP contribution < -0.4 is 4.90 Å². The molecule has 0 radical (unpaired) electrons. The van der Waals surface area contributed by atoms with Gasteiger partial charge in [-0.3, -0.25) is 0 Å². The van der Waals surface area contributed by atoms with Crippen molar-refractivity contribution in [2.45, 2.75) is 13.8 Å². The van der Waals surface area contributed by atoms with Gasteiger partial charge < -0.3 is 9.47 Å². The Balaban J connectivity index is 1.09. The molecule has 1 aromatic heterocycles. The number of aryl methyl sites for hydroxylation is 2. The average molecular weight is 691 g/mol. The monoisotopic (exact) mass is 690 g/mol. The lowest BCUT2D eigenvalue weighted by Crippen LogP contribution is -2.10.